The van der Waals surface area contributed by atoms with Gasteiger partial charge in [0.05, 0.1) is 0 Å². The van der Waals surface area contributed by atoms with Crippen LogP contribution in [0.1, 0.15) is 50.1 Å². The Bertz CT molecular complexity index is 977. The summed E-state index contributed by atoms with van der Waals surface area (Å²) in [4.78, 5) is 0. The van der Waals surface area contributed by atoms with Gasteiger partial charge in [-0.15, -0.1) is 0 Å². The molecule has 3 rings (SSSR count). The quantitative estimate of drug-likeness (QED) is 0.364. The number of hydrogen-bond donors (Lipinski definition) is 0. The maximum absolute atomic E-state index is 6.36. The summed E-state index contributed by atoms with van der Waals surface area (Å²) in [6, 6.07) is 12.6. The van der Waals surface area contributed by atoms with Crippen molar-refractivity contribution in [3.63, 3.8) is 0 Å². The maximum atomic E-state index is 6.36. The molecule has 0 saturated carbocycles. The van der Waals surface area contributed by atoms with Crippen LogP contribution in [0.3, 0.4) is 0 Å². The van der Waals surface area contributed by atoms with E-state index in [4.69, 9.17) is 13.6 Å². The lowest BCUT2D eigenvalue weighted by atomic mass is 10.1. The number of hydrogen-bond acceptors (Lipinski definition) is 3. The normalized spacial score (nSPS) is 11.0. The SMILES string of the molecule is Cc1cc(C)c(OP(Oc2cc(C)c(C)cc2C)Oc2cc(C)c(C)cc2C)cc1C. The van der Waals surface area contributed by atoms with E-state index in [-0.39, 0.29) is 0 Å². The Labute approximate surface area is 188 Å². The average Bonchev–Trinajstić information content (AvgIpc) is 2.68. The predicted octanol–water partition coefficient (Wildman–Crippen LogP) is 8.23. The molecule has 3 aromatic rings. The Balaban J connectivity index is 1.99. The minimum Gasteiger partial charge on any atom is -0.408 e. The van der Waals surface area contributed by atoms with E-state index in [9.17, 15) is 0 Å². The lowest BCUT2D eigenvalue weighted by Gasteiger charge is -2.22. The Kier molecular flexibility index (Phi) is 6.96. The Morgan fingerprint density at radius 1 is 0.355 bits per heavy atom. The number of aryl methyl sites for hydroxylation is 9. The molecule has 0 amide bonds. The van der Waals surface area contributed by atoms with Crippen LogP contribution in [0.2, 0.25) is 0 Å². The van der Waals surface area contributed by atoms with Crippen LogP contribution in [0.4, 0.5) is 0 Å². The molecule has 0 radical (unpaired) electrons. The largest absolute Gasteiger partial charge is 0.530 e. The second-order valence-electron chi connectivity index (χ2n) is 8.60. The molecular weight excluding hydrogens is 403 g/mol. The Morgan fingerprint density at radius 2 is 0.581 bits per heavy atom. The molecular formula is C27H33O3P. The van der Waals surface area contributed by atoms with Gasteiger partial charge >= 0.3 is 8.60 Å². The van der Waals surface area contributed by atoms with Crippen molar-refractivity contribution < 1.29 is 13.6 Å². The second kappa shape index (κ2) is 9.32. The van der Waals surface area contributed by atoms with Gasteiger partial charge in [-0.05, 0) is 131 Å². The third kappa shape index (κ3) is 5.40. The van der Waals surface area contributed by atoms with Crippen LogP contribution < -0.4 is 13.6 Å². The third-order valence-electron chi connectivity index (χ3n) is 5.89. The van der Waals surface area contributed by atoms with E-state index in [1.54, 1.807) is 0 Å². The highest BCUT2D eigenvalue weighted by Crippen LogP contribution is 2.45. The molecule has 4 heteroatoms. The van der Waals surface area contributed by atoms with Crippen molar-refractivity contribution in [2.75, 3.05) is 0 Å². The van der Waals surface area contributed by atoms with Crippen molar-refractivity contribution >= 4 is 8.60 Å². The van der Waals surface area contributed by atoms with Gasteiger partial charge in [0.15, 0.2) is 0 Å². The van der Waals surface area contributed by atoms with Crippen LogP contribution in [0, 0.1) is 62.3 Å². The molecule has 164 valence electrons. The summed E-state index contributed by atoms with van der Waals surface area (Å²) in [5.74, 6) is 2.37. The van der Waals surface area contributed by atoms with Gasteiger partial charge in [0, 0.05) is 0 Å². The first-order valence-corrected chi connectivity index (χ1v) is 11.7. The molecule has 0 saturated heterocycles. The topological polar surface area (TPSA) is 27.7 Å². The van der Waals surface area contributed by atoms with Crippen LogP contribution in [0.5, 0.6) is 17.2 Å². The van der Waals surface area contributed by atoms with Crippen molar-refractivity contribution in [2.24, 2.45) is 0 Å². The summed E-state index contributed by atoms with van der Waals surface area (Å²) in [6.45, 7) is 18.8. The fourth-order valence-corrected chi connectivity index (χ4v) is 4.58. The van der Waals surface area contributed by atoms with Crippen LogP contribution in [-0.4, -0.2) is 0 Å². The van der Waals surface area contributed by atoms with Gasteiger partial charge in [-0.25, -0.2) is 0 Å². The molecule has 0 aliphatic heterocycles. The maximum Gasteiger partial charge on any atom is 0.530 e. The summed E-state index contributed by atoms with van der Waals surface area (Å²) in [7, 11) is -1.70. The zero-order chi connectivity index (χ0) is 22.9. The molecule has 0 unspecified atom stereocenters. The van der Waals surface area contributed by atoms with Crippen molar-refractivity contribution in [1.82, 2.24) is 0 Å². The summed E-state index contributed by atoms with van der Waals surface area (Å²) in [5.41, 5.74) is 10.5. The van der Waals surface area contributed by atoms with E-state index in [1.807, 2.05) is 0 Å². The van der Waals surface area contributed by atoms with Gasteiger partial charge in [0.1, 0.15) is 17.2 Å². The average molecular weight is 437 g/mol. The van der Waals surface area contributed by atoms with E-state index >= 15 is 0 Å². The van der Waals surface area contributed by atoms with Gasteiger partial charge in [0.2, 0.25) is 0 Å². The van der Waals surface area contributed by atoms with Crippen molar-refractivity contribution in [3.8, 4) is 17.2 Å². The van der Waals surface area contributed by atoms with Gasteiger partial charge in [0.25, 0.3) is 0 Å². The lowest BCUT2D eigenvalue weighted by molar-refractivity contribution is 0.384. The molecule has 3 aromatic carbocycles. The van der Waals surface area contributed by atoms with Crippen molar-refractivity contribution in [3.05, 3.63) is 86.5 Å². The van der Waals surface area contributed by atoms with Gasteiger partial charge < -0.3 is 13.6 Å². The van der Waals surface area contributed by atoms with Crippen molar-refractivity contribution in [2.45, 2.75) is 62.3 Å². The highest BCUT2D eigenvalue weighted by Gasteiger charge is 2.23. The lowest BCUT2D eigenvalue weighted by Crippen LogP contribution is -2.06. The van der Waals surface area contributed by atoms with Crippen LogP contribution in [0.25, 0.3) is 0 Å². The van der Waals surface area contributed by atoms with Gasteiger partial charge in [-0.2, -0.15) is 0 Å². The summed E-state index contributed by atoms with van der Waals surface area (Å²) < 4.78 is 19.1. The van der Waals surface area contributed by atoms with Crippen LogP contribution in [0.15, 0.2) is 36.4 Å². The first-order valence-electron chi connectivity index (χ1n) is 10.6. The molecule has 0 aliphatic rings. The number of rotatable bonds is 6. The third-order valence-corrected chi connectivity index (χ3v) is 6.93. The van der Waals surface area contributed by atoms with E-state index < -0.39 is 8.60 Å². The molecule has 0 spiro atoms. The predicted molar refractivity (Wildman–Crippen MR) is 131 cm³/mol. The minimum atomic E-state index is -1.70. The van der Waals surface area contributed by atoms with Crippen LogP contribution >= 0.6 is 8.60 Å². The zero-order valence-corrected chi connectivity index (χ0v) is 21.0. The molecule has 0 bridgehead atoms. The summed E-state index contributed by atoms with van der Waals surface area (Å²) in [5, 5.41) is 0. The summed E-state index contributed by atoms with van der Waals surface area (Å²) >= 11 is 0. The highest BCUT2D eigenvalue weighted by molar-refractivity contribution is 7.43. The first kappa shape index (κ1) is 23.2. The smallest absolute Gasteiger partial charge is 0.408 e. The summed E-state index contributed by atoms with van der Waals surface area (Å²) in [6.07, 6.45) is 0. The molecule has 0 N–H and O–H groups in total. The molecule has 0 aliphatic carbocycles. The standard InChI is InChI=1S/C27H33O3P/c1-16-10-22(7)25(13-19(16)4)28-31(29-26-14-20(5)17(2)11-23(26)8)30-27-15-21(6)18(3)12-24(27)9/h10-15H,1-9H3. The molecule has 3 nitrogen and oxygen atoms in total. The highest BCUT2D eigenvalue weighted by atomic mass is 31.2. The molecule has 0 heterocycles. The van der Waals surface area contributed by atoms with Crippen LogP contribution in [-0.2, 0) is 0 Å². The Morgan fingerprint density at radius 3 is 0.839 bits per heavy atom. The Hall–Kier alpha value is -2.51. The van der Waals surface area contributed by atoms with Gasteiger partial charge in [-0.3, -0.25) is 0 Å². The first-order chi connectivity index (χ1) is 14.5. The molecule has 31 heavy (non-hydrogen) atoms. The van der Waals surface area contributed by atoms with E-state index in [1.165, 1.54) is 33.4 Å². The van der Waals surface area contributed by atoms with Crippen molar-refractivity contribution in [1.29, 1.82) is 0 Å². The zero-order valence-electron chi connectivity index (χ0n) is 20.1. The molecule has 0 fully saturated rings. The molecule has 0 aromatic heterocycles. The fraction of sp³-hybridized carbons (Fsp3) is 0.333. The minimum absolute atomic E-state index is 0.789. The second-order valence-corrected chi connectivity index (χ2v) is 9.60. The van der Waals surface area contributed by atoms with E-state index in [0.29, 0.717) is 0 Å². The fourth-order valence-electron chi connectivity index (χ4n) is 3.39. The van der Waals surface area contributed by atoms with Gasteiger partial charge in [-0.1, -0.05) is 18.2 Å². The molecule has 0 atom stereocenters. The van der Waals surface area contributed by atoms with E-state index in [2.05, 4.69) is 98.7 Å². The monoisotopic (exact) mass is 436 g/mol. The number of benzene rings is 3. The van der Waals surface area contributed by atoms with E-state index in [0.717, 1.165) is 33.9 Å².